The number of halogens is 3. The summed E-state index contributed by atoms with van der Waals surface area (Å²) in [4.78, 5) is 11.9. The zero-order chi connectivity index (χ0) is 12.1. The number of rotatable bonds is 5. The Labute approximate surface area is 125 Å². The Balaban J connectivity index is 2.55. The van der Waals surface area contributed by atoms with Crippen molar-refractivity contribution in [1.29, 1.82) is 0 Å². The number of carbonyl (C=O) groups is 1. The first-order valence-corrected chi connectivity index (χ1v) is 8.38. The van der Waals surface area contributed by atoms with E-state index in [4.69, 9.17) is 0 Å². The third-order valence-electron chi connectivity index (χ3n) is 2.05. The van der Waals surface area contributed by atoms with Crippen LogP contribution in [-0.4, -0.2) is 17.3 Å². The molecule has 0 bridgehead atoms. The van der Waals surface area contributed by atoms with Gasteiger partial charge in [-0.2, -0.15) is 0 Å². The molecule has 1 aromatic rings. The van der Waals surface area contributed by atoms with E-state index in [2.05, 4.69) is 53.1 Å². The Bertz CT molecular complexity index is 367. The summed E-state index contributed by atoms with van der Waals surface area (Å²) < 4.78 is 1.82. The van der Waals surface area contributed by atoms with Crippen LogP contribution >= 0.6 is 59.1 Å². The van der Waals surface area contributed by atoms with Gasteiger partial charge in [-0.25, -0.2) is 0 Å². The third kappa shape index (κ3) is 4.47. The van der Waals surface area contributed by atoms with E-state index in [0.717, 1.165) is 25.7 Å². The summed E-state index contributed by atoms with van der Waals surface area (Å²) >= 11 is 11.6. The zero-order valence-electron chi connectivity index (χ0n) is 8.73. The van der Waals surface area contributed by atoms with Gasteiger partial charge in [0.25, 0.3) is 5.91 Å². The van der Waals surface area contributed by atoms with E-state index in [1.165, 1.54) is 11.3 Å². The summed E-state index contributed by atoms with van der Waals surface area (Å²) in [5.74, 6) is -0.0177. The number of thiophene rings is 1. The van der Waals surface area contributed by atoms with Crippen molar-refractivity contribution in [2.45, 2.75) is 25.8 Å². The van der Waals surface area contributed by atoms with Gasteiger partial charge in [0.15, 0.2) is 0 Å². The van der Waals surface area contributed by atoms with Crippen molar-refractivity contribution >= 4 is 65.0 Å². The van der Waals surface area contributed by atoms with Crippen LogP contribution in [0.15, 0.2) is 13.6 Å². The summed E-state index contributed by atoms with van der Waals surface area (Å²) in [7, 11) is 0. The molecular weight excluding hydrogens is 422 g/mol. The number of alkyl halides is 1. The number of nitrogens with one attached hydrogen (secondary N) is 1. The fraction of sp³-hybridized carbons (Fsp3) is 0.500. The first kappa shape index (κ1) is 14.7. The van der Waals surface area contributed by atoms with Gasteiger partial charge >= 0.3 is 0 Å². The molecule has 90 valence electrons. The smallest absolute Gasteiger partial charge is 0.253 e. The quantitative estimate of drug-likeness (QED) is 0.677. The number of amides is 1. The van der Waals surface area contributed by atoms with Crippen LogP contribution in [0.1, 0.15) is 30.1 Å². The molecule has 0 saturated heterocycles. The fourth-order valence-electron chi connectivity index (χ4n) is 1.25. The van der Waals surface area contributed by atoms with Crippen molar-refractivity contribution in [1.82, 2.24) is 5.32 Å². The van der Waals surface area contributed by atoms with Gasteiger partial charge in [-0.05, 0) is 57.7 Å². The lowest BCUT2D eigenvalue weighted by Gasteiger charge is -2.12. The van der Waals surface area contributed by atoms with Crippen molar-refractivity contribution < 1.29 is 4.79 Å². The minimum Gasteiger partial charge on any atom is -0.350 e. The van der Waals surface area contributed by atoms with E-state index in [1.807, 2.05) is 13.0 Å². The lowest BCUT2D eigenvalue weighted by Crippen LogP contribution is -2.32. The second-order valence-electron chi connectivity index (χ2n) is 3.44. The van der Waals surface area contributed by atoms with E-state index < -0.39 is 0 Å². The summed E-state index contributed by atoms with van der Waals surface area (Å²) in [5, 5.41) is 3.95. The topological polar surface area (TPSA) is 29.1 Å². The van der Waals surface area contributed by atoms with Gasteiger partial charge in [0, 0.05) is 11.4 Å². The summed E-state index contributed by atoms with van der Waals surface area (Å²) in [6, 6.07) is 2.04. The van der Waals surface area contributed by atoms with Crippen molar-refractivity contribution in [3.63, 3.8) is 0 Å². The Kier molecular flexibility index (Phi) is 6.54. The standard InChI is InChI=1S/C10H12Br3NOS/c1-6(3-2-4-11)14-10(15)7-5-8(12)16-9(7)13/h5-6H,2-4H2,1H3,(H,14,15). The molecule has 0 aliphatic carbocycles. The van der Waals surface area contributed by atoms with Crippen molar-refractivity contribution in [3.05, 3.63) is 19.2 Å². The van der Waals surface area contributed by atoms with Gasteiger partial charge in [-0.3, -0.25) is 4.79 Å². The van der Waals surface area contributed by atoms with Crippen LogP contribution in [0.5, 0.6) is 0 Å². The first-order valence-electron chi connectivity index (χ1n) is 4.86. The fourth-order valence-corrected chi connectivity index (χ4v) is 4.37. The van der Waals surface area contributed by atoms with Crippen LogP contribution < -0.4 is 5.32 Å². The molecule has 0 radical (unpaired) electrons. The monoisotopic (exact) mass is 431 g/mol. The highest BCUT2D eigenvalue weighted by atomic mass is 79.9. The van der Waals surface area contributed by atoms with Crippen LogP contribution in [-0.2, 0) is 0 Å². The average Bonchev–Trinajstić information content (AvgIpc) is 2.54. The van der Waals surface area contributed by atoms with E-state index in [9.17, 15) is 4.79 Å². The molecule has 16 heavy (non-hydrogen) atoms. The molecule has 2 nitrogen and oxygen atoms in total. The number of hydrogen-bond acceptors (Lipinski definition) is 2. The third-order valence-corrected chi connectivity index (χ3v) is 4.95. The van der Waals surface area contributed by atoms with Gasteiger partial charge < -0.3 is 5.32 Å². The molecule has 1 N–H and O–H groups in total. The highest BCUT2D eigenvalue weighted by Crippen LogP contribution is 2.31. The largest absolute Gasteiger partial charge is 0.350 e. The van der Waals surface area contributed by atoms with Crippen LogP contribution in [0.3, 0.4) is 0 Å². The molecular formula is C10H12Br3NOS. The minimum absolute atomic E-state index is 0.0177. The number of hydrogen-bond donors (Lipinski definition) is 1. The summed E-state index contributed by atoms with van der Waals surface area (Å²) in [6.07, 6.45) is 2.05. The predicted octanol–water partition coefficient (Wildman–Crippen LogP) is 4.57. The van der Waals surface area contributed by atoms with Crippen LogP contribution in [0.2, 0.25) is 0 Å². The lowest BCUT2D eigenvalue weighted by atomic mass is 10.2. The molecule has 1 unspecified atom stereocenters. The van der Waals surface area contributed by atoms with E-state index in [1.54, 1.807) is 0 Å². The molecule has 1 aromatic heterocycles. The molecule has 0 aliphatic rings. The SMILES string of the molecule is CC(CCCBr)NC(=O)c1cc(Br)sc1Br. The molecule has 1 atom stereocenters. The summed E-state index contributed by atoms with van der Waals surface area (Å²) in [5.41, 5.74) is 0.697. The average molecular weight is 434 g/mol. The van der Waals surface area contributed by atoms with Gasteiger partial charge in [-0.15, -0.1) is 11.3 Å². The molecule has 0 aliphatic heterocycles. The van der Waals surface area contributed by atoms with Gasteiger partial charge in [0.05, 0.1) is 13.1 Å². The zero-order valence-corrected chi connectivity index (χ0v) is 14.3. The van der Waals surface area contributed by atoms with Crippen LogP contribution in [0.4, 0.5) is 0 Å². The van der Waals surface area contributed by atoms with Crippen molar-refractivity contribution in [2.75, 3.05) is 5.33 Å². The Hall–Kier alpha value is 0.610. The van der Waals surface area contributed by atoms with E-state index in [0.29, 0.717) is 5.56 Å². The maximum atomic E-state index is 11.9. The second kappa shape index (κ2) is 7.13. The molecule has 1 heterocycles. The van der Waals surface area contributed by atoms with Crippen molar-refractivity contribution in [3.8, 4) is 0 Å². The maximum Gasteiger partial charge on any atom is 0.253 e. The molecule has 1 rings (SSSR count). The van der Waals surface area contributed by atoms with Crippen LogP contribution in [0, 0.1) is 0 Å². The Morgan fingerprint density at radius 1 is 1.56 bits per heavy atom. The van der Waals surface area contributed by atoms with Crippen molar-refractivity contribution in [2.24, 2.45) is 0 Å². The molecule has 6 heteroatoms. The molecule has 1 amide bonds. The van der Waals surface area contributed by atoms with Crippen LogP contribution in [0.25, 0.3) is 0 Å². The highest BCUT2D eigenvalue weighted by Gasteiger charge is 2.15. The number of carbonyl (C=O) groups excluding carboxylic acids is 1. The maximum absolute atomic E-state index is 11.9. The predicted molar refractivity (Wildman–Crippen MR) is 79.7 cm³/mol. The van der Waals surface area contributed by atoms with Gasteiger partial charge in [0.1, 0.15) is 0 Å². The Morgan fingerprint density at radius 2 is 2.25 bits per heavy atom. The Morgan fingerprint density at radius 3 is 2.75 bits per heavy atom. The highest BCUT2D eigenvalue weighted by molar-refractivity contribution is 9.12. The molecule has 0 aromatic carbocycles. The molecule has 0 spiro atoms. The first-order chi connectivity index (χ1) is 7.54. The summed E-state index contributed by atoms with van der Waals surface area (Å²) in [6.45, 7) is 2.02. The van der Waals surface area contributed by atoms with E-state index >= 15 is 0 Å². The minimum atomic E-state index is -0.0177. The normalized spacial score (nSPS) is 12.5. The second-order valence-corrected chi connectivity index (χ2v) is 7.99. The van der Waals surface area contributed by atoms with Gasteiger partial charge in [0.2, 0.25) is 0 Å². The molecule has 0 fully saturated rings. The lowest BCUT2D eigenvalue weighted by molar-refractivity contribution is 0.0938. The molecule has 0 saturated carbocycles. The van der Waals surface area contributed by atoms with Gasteiger partial charge in [-0.1, -0.05) is 15.9 Å². The van der Waals surface area contributed by atoms with E-state index in [-0.39, 0.29) is 11.9 Å².